The fourth-order valence-corrected chi connectivity index (χ4v) is 4.05. The highest BCUT2D eigenvalue weighted by molar-refractivity contribution is 7.92. The van der Waals surface area contributed by atoms with E-state index in [0.717, 1.165) is 10.6 Å². The normalized spacial score (nSPS) is 12.1. The molecule has 0 saturated heterocycles. The summed E-state index contributed by atoms with van der Waals surface area (Å²) in [5.74, 6) is -0.135. The smallest absolute Gasteiger partial charge is 0.248 e. The Kier molecular flexibility index (Phi) is 6.80. The molecular weight excluding hydrogens is 380 g/mol. The van der Waals surface area contributed by atoms with Gasteiger partial charge in [0.1, 0.15) is 11.8 Å². The van der Waals surface area contributed by atoms with Crippen LogP contribution in [0.1, 0.15) is 30.6 Å². The Hall–Kier alpha value is -2.87. The lowest BCUT2D eigenvalue weighted by molar-refractivity contribution is -0.117. The lowest BCUT2D eigenvalue weighted by Crippen LogP contribution is -2.47. The number of methoxy groups -OCH3 is 1. The summed E-state index contributed by atoms with van der Waals surface area (Å²) in [5.41, 5.74) is 1.22. The van der Waals surface area contributed by atoms with E-state index in [2.05, 4.69) is 5.32 Å². The van der Waals surface area contributed by atoms with Crippen LogP contribution in [-0.4, -0.2) is 39.5 Å². The number of nitrogens with zero attached hydrogens (tertiary/aromatic N) is 1. The van der Waals surface area contributed by atoms with Gasteiger partial charge in [-0.3, -0.25) is 13.9 Å². The minimum atomic E-state index is -3.75. The van der Waals surface area contributed by atoms with Crippen LogP contribution in [0.3, 0.4) is 0 Å². The van der Waals surface area contributed by atoms with Gasteiger partial charge in [-0.25, -0.2) is 8.42 Å². The maximum absolute atomic E-state index is 12.9. The average Bonchev–Trinajstić information content (AvgIpc) is 2.65. The summed E-state index contributed by atoms with van der Waals surface area (Å²) in [6.45, 7) is 3.17. The number of ether oxygens (including phenoxy) is 1. The molecule has 2 aromatic carbocycles. The minimum absolute atomic E-state index is 0.128. The molecule has 0 unspecified atom stereocenters. The van der Waals surface area contributed by atoms with Crippen LogP contribution in [0.15, 0.2) is 48.5 Å². The quantitative estimate of drug-likeness (QED) is 0.683. The Balaban J connectivity index is 2.39. The van der Waals surface area contributed by atoms with Gasteiger partial charge in [0.25, 0.3) is 0 Å². The van der Waals surface area contributed by atoms with Crippen molar-refractivity contribution >= 4 is 33.1 Å². The Morgan fingerprint density at radius 1 is 1.14 bits per heavy atom. The van der Waals surface area contributed by atoms with Gasteiger partial charge in [-0.1, -0.05) is 25.1 Å². The van der Waals surface area contributed by atoms with E-state index >= 15 is 0 Å². The van der Waals surface area contributed by atoms with Crippen LogP contribution in [0.25, 0.3) is 0 Å². The van der Waals surface area contributed by atoms with Gasteiger partial charge in [0.2, 0.25) is 15.9 Å². The number of Topliss-reactive ketones (excluding diaryl/α,β-unsaturated/α-hetero) is 1. The molecule has 0 spiro atoms. The molecule has 8 heteroatoms. The van der Waals surface area contributed by atoms with E-state index in [1.54, 1.807) is 55.5 Å². The molecule has 150 valence electrons. The first-order valence-electron chi connectivity index (χ1n) is 8.72. The standard InChI is InChI=1S/C20H24N2O5S/c1-5-19(20(24)21-16-9-6-8-15(12-16)14(2)23)22(28(4,25)26)17-10-7-11-18(13-17)27-3/h6-13,19H,5H2,1-4H3,(H,21,24)/t19-/m1/s1. The summed E-state index contributed by atoms with van der Waals surface area (Å²) in [6.07, 6.45) is 1.31. The molecule has 2 rings (SSSR count). The van der Waals surface area contributed by atoms with Crippen molar-refractivity contribution in [3.05, 3.63) is 54.1 Å². The highest BCUT2D eigenvalue weighted by Crippen LogP contribution is 2.27. The van der Waals surface area contributed by atoms with Gasteiger partial charge in [-0.05, 0) is 37.6 Å². The van der Waals surface area contributed by atoms with Crippen LogP contribution >= 0.6 is 0 Å². The Morgan fingerprint density at radius 3 is 2.39 bits per heavy atom. The van der Waals surface area contributed by atoms with Gasteiger partial charge < -0.3 is 10.1 Å². The number of sulfonamides is 1. The number of hydrogen-bond acceptors (Lipinski definition) is 5. The predicted octanol–water partition coefficient (Wildman–Crippen LogP) is 3.08. The number of carbonyl (C=O) groups excluding carboxylic acids is 2. The van der Waals surface area contributed by atoms with E-state index in [4.69, 9.17) is 4.74 Å². The molecule has 7 nitrogen and oxygen atoms in total. The third-order valence-corrected chi connectivity index (χ3v) is 5.35. The van der Waals surface area contributed by atoms with Gasteiger partial charge in [0.05, 0.1) is 19.1 Å². The molecule has 0 heterocycles. The monoisotopic (exact) mass is 404 g/mol. The van der Waals surface area contributed by atoms with Crippen molar-refractivity contribution in [2.45, 2.75) is 26.3 Å². The number of nitrogens with one attached hydrogen (secondary N) is 1. The molecular formula is C20H24N2O5S. The molecule has 0 saturated carbocycles. The van der Waals surface area contributed by atoms with Crippen LogP contribution in [0.2, 0.25) is 0 Å². The van der Waals surface area contributed by atoms with Crippen molar-refractivity contribution < 1.29 is 22.7 Å². The summed E-state index contributed by atoms with van der Waals surface area (Å²) in [4.78, 5) is 24.5. The van der Waals surface area contributed by atoms with Crippen LogP contribution in [0.4, 0.5) is 11.4 Å². The van der Waals surface area contributed by atoms with Crippen LogP contribution in [0, 0.1) is 0 Å². The van der Waals surface area contributed by atoms with E-state index in [9.17, 15) is 18.0 Å². The number of anilines is 2. The summed E-state index contributed by atoms with van der Waals surface area (Å²) < 4.78 is 31.2. The van der Waals surface area contributed by atoms with Crippen LogP contribution in [0.5, 0.6) is 5.75 Å². The molecule has 1 atom stereocenters. The highest BCUT2D eigenvalue weighted by Gasteiger charge is 2.31. The van der Waals surface area contributed by atoms with E-state index in [1.165, 1.54) is 14.0 Å². The van der Waals surface area contributed by atoms with E-state index < -0.39 is 22.0 Å². The molecule has 0 aliphatic rings. The van der Waals surface area contributed by atoms with Gasteiger partial charge in [-0.15, -0.1) is 0 Å². The highest BCUT2D eigenvalue weighted by atomic mass is 32.2. The van der Waals surface area contributed by atoms with E-state index in [1.807, 2.05) is 0 Å². The average molecular weight is 404 g/mol. The SMILES string of the molecule is CC[C@H](C(=O)Nc1cccc(C(C)=O)c1)N(c1cccc(OC)c1)S(C)(=O)=O. The van der Waals surface area contributed by atoms with Gasteiger partial charge >= 0.3 is 0 Å². The molecule has 2 aromatic rings. The van der Waals surface area contributed by atoms with E-state index in [0.29, 0.717) is 22.7 Å². The fourth-order valence-electron chi connectivity index (χ4n) is 2.85. The lowest BCUT2D eigenvalue weighted by Gasteiger charge is -2.30. The molecule has 0 aliphatic heterocycles. The molecule has 1 amide bonds. The van der Waals surface area contributed by atoms with Crippen molar-refractivity contribution in [2.75, 3.05) is 23.0 Å². The van der Waals surface area contributed by atoms with Crippen molar-refractivity contribution in [3.8, 4) is 5.75 Å². The van der Waals surface area contributed by atoms with Crippen molar-refractivity contribution in [3.63, 3.8) is 0 Å². The number of rotatable bonds is 8. The molecule has 28 heavy (non-hydrogen) atoms. The summed E-state index contributed by atoms with van der Waals surface area (Å²) >= 11 is 0. The Labute approximate surface area is 165 Å². The fraction of sp³-hybridized carbons (Fsp3) is 0.300. The molecule has 0 radical (unpaired) electrons. The minimum Gasteiger partial charge on any atom is -0.497 e. The second-order valence-corrected chi connectivity index (χ2v) is 8.17. The zero-order valence-electron chi connectivity index (χ0n) is 16.3. The van der Waals surface area contributed by atoms with Crippen LogP contribution in [-0.2, 0) is 14.8 Å². The maximum Gasteiger partial charge on any atom is 0.248 e. The zero-order valence-corrected chi connectivity index (χ0v) is 17.1. The largest absolute Gasteiger partial charge is 0.497 e. The molecule has 0 fully saturated rings. The lowest BCUT2D eigenvalue weighted by atomic mass is 10.1. The summed E-state index contributed by atoms with van der Waals surface area (Å²) in [7, 11) is -2.27. The maximum atomic E-state index is 12.9. The van der Waals surface area contributed by atoms with Crippen LogP contribution < -0.4 is 14.4 Å². The van der Waals surface area contributed by atoms with Gasteiger partial charge in [0.15, 0.2) is 5.78 Å². The first kappa shape index (κ1) is 21.4. The predicted molar refractivity (Wildman–Crippen MR) is 109 cm³/mol. The Bertz CT molecular complexity index is 972. The van der Waals surface area contributed by atoms with Gasteiger partial charge in [0, 0.05) is 17.3 Å². The van der Waals surface area contributed by atoms with Crippen molar-refractivity contribution in [1.29, 1.82) is 0 Å². The molecule has 0 aromatic heterocycles. The van der Waals surface area contributed by atoms with Gasteiger partial charge in [-0.2, -0.15) is 0 Å². The van der Waals surface area contributed by atoms with Crippen molar-refractivity contribution in [2.24, 2.45) is 0 Å². The number of carbonyl (C=O) groups is 2. The first-order chi connectivity index (χ1) is 13.2. The second kappa shape index (κ2) is 8.88. The number of hydrogen-bond donors (Lipinski definition) is 1. The third-order valence-electron chi connectivity index (χ3n) is 4.17. The number of benzene rings is 2. The third kappa shape index (κ3) is 5.10. The first-order valence-corrected chi connectivity index (χ1v) is 10.6. The zero-order chi connectivity index (χ0) is 20.9. The molecule has 0 aliphatic carbocycles. The number of ketones is 1. The summed E-state index contributed by atoms with van der Waals surface area (Å²) in [5, 5.41) is 2.71. The number of amides is 1. The second-order valence-electron chi connectivity index (χ2n) is 6.31. The summed E-state index contributed by atoms with van der Waals surface area (Å²) in [6, 6.07) is 12.1. The van der Waals surface area contributed by atoms with Crippen molar-refractivity contribution in [1.82, 2.24) is 0 Å². The topological polar surface area (TPSA) is 92.8 Å². The van der Waals surface area contributed by atoms with E-state index in [-0.39, 0.29) is 12.2 Å². The Morgan fingerprint density at radius 2 is 1.82 bits per heavy atom. The molecule has 0 bridgehead atoms. The molecule has 1 N–H and O–H groups in total.